The van der Waals surface area contributed by atoms with Crippen LogP contribution in [-0.4, -0.2) is 59.6 Å². The summed E-state index contributed by atoms with van der Waals surface area (Å²) in [6, 6.07) is 11.2. The molecule has 1 saturated heterocycles. The van der Waals surface area contributed by atoms with Gasteiger partial charge in [0.1, 0.15) is 17.3 Å². The summed E-state index contributed by atoms with van der Waals surface area (Å²) in [4.78, 5) is 32.9. The summed E-state index contributed by atoms with van der Waals surface area (Å²) in [5.41, 5.74) is 1.56. The van der Waals surface area contributed by atoms with Crippen LogP contribution < -0.4 is 4.74 Å². The molecule has 7 heteroatoms. The Hall–Kier alpha value is -2.54. The third-order valence-corrected chi connectivity index (χ3v) is 5.02. The fraction of sp³-hybridized carbons (Fsp3) is 0.316. The maximum Gasteiger partial charge on any atom is 0.257 e. The van der Waals surface area contributed by atoms with Crippen LogP contribution in [0.2, 0.25) is 0 Å². The maximum absolute atomic E-state index is 12.8. The lowest BCUT2D eigenvalue weighted by Crippen LogP contribution is -2.51. The molecule has 0 aliphatic carbocycles. The molecule has 0 N–H and O–H groups in total. The van der Waals surface area contributed by atoms with Gasteiger partial charge in [0, 0.05) is 25.8 Å². The van der Waals surface area contributed by atoms with E-state index >= 15 is 0 Å². The Balaban J connectivity index is 1.66. The zero-order valence-corrected chi connectivity index (χ0v) is 15.7. The lowest BCUT2D eigenvalue weighted by atomic mass is 10.1. The number of ether oxygens (including phenoxy) is 1. The highest BCUT2D eigenvalue weighted by Gasteiger charge is 2.29. The third-order valence-electron chi connectivity index (χ3n) is 4.31. The largest absolute Gasteiger partial charge is 0.497 e. The molecule has 0 spiro atoms. The molecule has 2 heterocycles. The summed E-state index contributed by atoms with van der Waals surface area (Å²) < 4.78 is 5.23. The summed E-state index contributed by atoms with van der Waals surface area (Å²) in [5.74, 6) is 0.573. The van der Waals surface area contributed by atoms with Crippen molar-refractivity contribution in [2.45, 2.75) is 11.6 Å². The van der Waals surface area contributed by atoms with E-state index in [1.807, 2.05) is 30.5 Å². The highest BCUT2D eigenvalue weighted by Crippen LogP contribution is 2.20. The number of amides is 2. The Morgan fingerprint density at radius 3 is 2.85 bits per heavy atom. The standard InChI is InChI=1S/C19H21N3O3S/c1-25-15-6-3-5-14(11-15)12-21-9-10-22(13-17(21)23)19(24)16-7-4-8-20-18(16)26-2/h3-8,11H,9-10,12-13H2,1-2H3. The van der Waals surface area contributed by atoms with Crippen LogP contribution in [0.25, 0.3) is 0 Å². The van der Waals surface area contributed by atoms with Crippen LogP contribution in [0, 0.1) is 0 Å². The Bertz CT molecular complexity index is 812. The molecule has 1 aliphatic rings. The maximum atomic E-state index is 12.8. The van der Waals surface area contributed by atoms with Crippen molar-refractivity contribution in [1.29, 1.82) is 0 Å². The van der Waals surface area contributed by atoms with Gasteiger partial charge in [-0.1, -0.05) is 12.1 Å². The summed E-state index contributed by atoms with van der Waals surface area (Å²) >= 11 is 1.43. The minimum absolute atomic E-state index is 0.0537. The van der Waals surface area contributed by atoms with Crippen molar-refractivity contribution >= 4 is 23.6 Å². The van der Waals surface area contributed by atoms with Gasteiger partial charge in [-0.25, -0.2) is 4.98 Å². The summed E-state index contributed by atoms with van der Waals surface area (Å²) in [6.07, 6.45) is 3.55. The van der Waals surface area contributed by atoms with E-state index in [4.69, 9.17) is 4.74 Å². The molecule has 0 bridgehead atoms. The van der Waals surface area contributed by atoms with Gasteiger partial charge in [-0.3, -0.25) is 9.59 Å². The van der Waals surface area contributed by atoms with Crippen LogP contribution in [-0.2, 0) is 11.3 Å². The first kappa shape index (κ1) is 18.3. The smallest absolute Gasteiger partial charge is 0.257 e. The summed E-state index contributed by atoms with van der Waals surface area (Å²) in [6.45, 7) is 1.63. The van der Waals surface area contributed by atoms with E-state index in [2.05, 4.69) is 4.98 Å². The van der Waals surface area contributed by atoms with E-state index in [0.29, 0.717) is 30.2 Å². The predicted molar refractivity (Wildman–Crippen MR) is 100 cm³/mol. The van der Waals surface area contributed by atoms with Gasteiger partial charge in [0.15, 0.2) is 0 Å². The van der Waals surface area contributed by atoms with Crippen LogP contribution in [0.15, 0.2) is 47.6 Å². The first-order valence-corrected chi connectivity index (χ1v) is 9.54. The Kier molecular flexibility index (Phi) is 5.78. The predicted octanol–water partition coefficient (Wildman–Crippen LogP) is 2.30. The van der Waals surface area contributed by atoms with E-state index in [1.54, 1.807) is 35.2 Å². The van der Waals surface area contributed by atoms with Crippen LogP contribution in [0.4, 0.5) is 0 Å². The van der Waals surface area contributed by atoms with Crippen LogP contribution in [0.3, 0.4) is 0 Å². The van der Waals surface area contributed by atoms with Gasteiger partial charge in [-0.15, -0.1) is 11.8 Å². The molecule has 0 saturated carbocycles. The fourth-order valence-corrected chi connectivity index (χ4v) is 3.47. The van der Waals surface area contributed by atoms with Crippen molar-refractivity contribution in [3.05, 3.63) is 53.7 Å². The highest BCUT2D eigenvalue weighted by molar-refractivity contribution is 7.98. The SMILES string of the molecule is COc1cccc(CN2CCN(C(=O)c3cccnc3SC)CC2=O)c1. The van der Waals surface area contributed by atoms with E-state index in [-0.39, 0.29) is 18.4 Å². The van der Waals surface area contributed by atoms with Crippen molar-refractivity contribution in [3.63, 3.8) is 0 Å². The van der Waals surface area contributed by atoms with Crippen LogP contribution in [0.1, 0.15) is 15.9 Å². The van der Waals surface area contributed by atoms with Gasteiger partial charge in [-0.05, 0) is 36.1 Å². The van der Waals surface area contributed by atoms with E-state index < -0.39 is 0 Å². The number of nitrogens with zero attached hydrogens (tertiary/aromatic N) is 3. The van der Waals surface area contributed by atoms with Crippen molar-refractivity contribution in [2.24, 2.45) is 0 Å². The first-order valence-electron chi connectivity index (χ1n) is 8.31. The van der Waals surface area contributed by atoms with Crippen molar-refractivity contribution in [2.75, 3.05) is 33.0 Å². The van der Waals surface area contributed by atoms with Crippen molar-refractivity contribution < 1.29 is 14.3 Å². The second kappa shape index (κ2) is 8.23. The monoisotopic (exact) mass is 371 g/mol. The Morgan fingerprint density at radius 2 is 2.12 bits per heavy atom. The summed E-state index contributed by atoms with van der Waals surface area (Å²) in [5, 5.41) is 0.684. The minimum atomic E-state index is -0.142. The number of rotatable bonds is 5. The number of hydrogen-bond donors (Lipinski definition) is 0. The normalized spacial score (nSPS) is 14.5. The number of pyridine rings is 1. The molecule has 1 fully saturated rings. The lowest BCUT2D eigenvalue weighted by Gasteiger charge is -2.34. The van der Waals surface area contributed by atoms with Crippen LogP contribution in [0.5, 0.6) is 5.75 Å². The molecule has 136 valence electrons. The highest BCUT2D eigenvalue weighted by atomic mass is 32.2. The molecule has 2 amide bonds. The molecule has 3 rings (SSSR count). The Labute approximate surface area is 157 Å². The van der Waals surface area contributed by atoms with Gasteiger partial charge in [0.25, 0.3) is 5.91 Å². The van der Waals surface area contributed by atoms with Gasteiger partial charge >= 0.3 is 0 Å². The molecule has 0 radical (unpaired) electrons. The number of benzene rings is 1. The summed E-state index contributed by atoms with van der Waals surface area (Å²) in [7, 11) is 1.62. The second-order valence-electron chi connectivity index (χ2n) is 5.95. The number of carbonyl (C=O) groups is 2. The first-order chi connectivity index (χ1) is 12.6. The number of carbonyl (C=O) groups excluding carboxylic acids is 2. The number of thioether (sulfide) groups is 1. The number of methoxy groups -OCH3 is 1. The van der Waals surface area contributed by atoms with E-state index in [9.17, 15) is 9.59 Å². The van der Waals surface area contributed by atoms with Gasteiger partial charge < -0.3 is 14.5 Å². The molecular weight excluding hydrogens is 350 g/mol. The zero-order chi connectivity index (χ0) is 18.5. The average Bonchev–Trinajstić information content (AvgIpc) is 2.69. The molecule has 0 unspecified atom stereocenters. The molecule has 1 aliphatic heterocycles. The van der Waals surface area contributed by atoms with Crippen molar-refractivity contribution in [3.8, 4) is 5.75 Å². The Morgan fingerprint density at radius 1 is 1.27 bits per heavy atom. The number of hydrogen-bond acceptors (Lipinski definition) is 5. The lowest BCUT2D eigenvalue weighted by molar-refractivity contribution is -0.135. The topological polar surface area (TPSA) is 62.7 Å². The van der Waals surface area contributed by atoms with E-state index in [1.165, 1.54) is 11.8 Å². The average molecular weight is 371 g/mol. The molecule has 6 nitrogen and oxygen atoms in total. The molecule has 0 atom stereocenters. The van der Waals surface area contributed by atoms with Gasteiger partial charge in [0.2, 0.25) is 5.91 Å². The number of piperazine rings is 1. The van der Waals surface area contributed by atoms with Gasteiger partial charge in [-0.2, -0.15) is 0 Å². The van der Waals surface area contributed by atoms with Gasteiger partial charge in [0.05, 0.1) is 12.7 Å². The molecular formula is C19H21N3O3S. The van der Waals surface area contributed by atoms with Crippen molar-refractivity contribution in [1.82, 2.24) is 14.8 Å². The number of aromatic nitrogens is 1. The molecule has 1 aromatic heterocycles. The zero-order valence-electron chi connectivity index (χ0n) is 14.8. The van der Waals surface area contributed by atoms with E-state index in [0.717, 1.165) is 11.3 Å². The second-order valence-corrected chi connectivity index (χ2v) is 6.75. The minimum Gasteiger partial charge on any atom is -0.497 e. The molecule has 1 aromatic carbocycles. The fourth-order valence-electron chi connectivity index (χ4n) is 2.93. The van der Waals surface area contributed by atoms with Crippen LogP contribution >= 0.6 is 11.8 Å². The third kappa shape index (κ3) is 3.99. The molecule has 2 aromatic rings. The molecule has 26 heavy (non-hydrogen) atoms. The quantitative estimate of drug-likeness (QED) is 0.755.